The average molecular weight is 425 g/mol. The lowest BCUT2D eigenvalue weighted by Gasteiger charge is -2.31. The molecule has 0 aliphatic carbocycles. The minimum Gasteiger partial charge on any atom is -0.466 e. The Morgan fingerprint density at radius 1 is 1.50 bits per heavy atom. The fraction of sp³-hybridized carbons (Fsp3) is 0.538. The number of piperidine rings is 1. The predicted molar refractivity (Wildman–Crippen MR) is 85.0 cm³/mol. The van der Waals surface area contributed by atoms with Crippen molar-refractivity contribution in [1.82, 2.24) is 4.90 Å². The average Bonchev–Trinajstić information content (AvgIpc) is 2.78. The zero-order valence-electron chi connectivity index (χ0n) is 11.0. The highest BCUT2D eigenvalue weighted by Crippen LogP contribution is 2.33. The van der Waals surface area contributed by atoms with E-state index in [4.69, 9.17) is 4.74 Å². The smallest absolute Gasteiger partial charge is 0.310 e. The first-order valence-corrected chi connectivity index (χ1v) is 8.84. The Labute approximate surface area is 138 Å². The van der Waals surface area contributed by atoms with Gasteiger partial charge >= 0.3 is 5.97 Å². The second-order valence-electron chi connectivity index (χ2n) is 4.57. The van der Waals surface area contributed by atoms with Gasteiger partial charge in [-0.05, 0) is 57.7 Å². The topological polar surface area (TPSA) is 46.6 Å². The van der Waals surface area contributed by atoms with Crippen molar-refractivity contribution in [3.05, 3.63) is 19.2 Å². The summed E-state index contributed by atoms with van der Waals surface area (Å²) >= 11 is 8.17. The first kappa shape index (κ1) is 16.0. The van der Waals surface area contributed by atoms with Gasteiger partial charge in [0.1, 0.15) is 0 Å². The summed E-state index contributed by atoms with van der Waals surface area (Å²) in [6, 6.07) is 1.81. The van der Waals surface area contributed by atoms with Crippen LogP contribution in [-0.2, 0) is 9.53 Å². The summed E-state index contributed by atoms with van der Waals surface area (Å²) in [6.45, 7) is 3.32. The number of likely N-dealkylation sites (tertiary alicyclic amines) is 1. The van der Waals surface area contributed by atoms with Crippen LogP contribution in [0.2, 0.25) is 0 Å². The van der Waals surface area contributed by atoms with Crippen molar-refractivity contribution in [3.8, 4) is 0 Å². The van der Waals surface area contributed by atoms with Crippen LogP contribution in [0.3, 0.4) is 0 Å². The van der Waals surface area contributed by atoms with E-state index in [-0.39, 0.29) is 17.8 Å². The molecule has 1 aromatic rings. The molecule has 0 saturated carbocycles. The molecule has 1 atom stereocenters. The Kier molecular flexibility index (Phi) is 5.63. The highest BCUT2D eigenvalue weighted by molar-refractivity contribution is 9.13. The Bertz CT molecular complexity index is 498. The number of nitrogens with zero attached hydrogens (tertiary/aromatic N) is 1. The molecule has 1 aliphatic heterocycles. The van der Waals surface area contributed by atoms with Crippen molar-refractivity contribution in [2.45, 2.75) is 19.8 Å². The van der Waals surface area contributed by atoms with E-state index >= 15 is 0 Å². The number of hydrogen-bond donors (Lipinski definition) is 0. The van der Waals surface area contributed by atoms with Crippen molar-refractivity contribution >= 4 is 55.1 Å². The summed E-state index contributed by atoms with van der Waals surface area (Å²) in [5.41, 5.74) is 0. The van der Waals surface area contributed by atoms with Gasteiger partial charge in [-0.3, -0.25) is 9.59 Å². The molecule has 110 valence electrons. The van der Waals surface area contributed by atoms with Gasteiger partial charge in [0.2, 0.25) is 0 Å². The van der Waals surface area contributed by atoms with Gasteiger partial charge < -0.3 is 9.64 Å². The van der Waals surface area contributed by atoms with Crippen LogP contribution in [0, 0.1) is 5.92 Å². The molecule has 2 rings (SSSR count). The van der Waals surface area contributed by atoms with Crippen molar-refractivity contribution in [3.63, 3.8) is 0 Å². The highest BCUT2D eigenvalue weighted by Gasteiger charge is 2.30. The number of ether oxygens (including phenoxy) is 1. The van der Waals surface area contributed by atoms with Gasteiger partial charge in [-0.25, -0.2) is 0 Å². The van der Waals surface area contributed by atoms with Gasteiger partial charge in [-0.2, -0.15) is 0 Å². The molecule has 0 bridgehead atoms. The quantitative estimate of drug-likeness (QED) is 0.695. The Hall–Kier alpha value is -0.400. The molecule has 0 aromatic carbocycles. The number of esters is 1. The zero-order chi connectivity index (χ0) is 14.7. The largest absolute Gasteiger partial charge is 0.466 e. The van der Waals surface area contributed by atoms with Gasteiger partial charge in [-0.1, -0.05) is 0 Å². The normalized spacial score (nSPS) is 18.9. The van der Waals surface area contributed by atoms with E-state index in [1.165, 1.54) is 11.3 Å². The molecule has 0 radical (unpaired) electrons. The van der Waals surface area contributed by atoms with E-state index in [1.54, 1.807) is 11.8 Å². The summed E-state index contributed by atoms with van der Waals surface area (Å²) < 4.78 is 6.83. The van der Waals surface area contributed by atoms with E-state index in [0.29, 0.717) is 24.6 Å². The summed E-state index contributed by atoms with van der Waals surface area (Å²) in [5.74, 6) is -0.409. The van der Waals surface area contributed by atoms with Crippen LogP contribution in [0.1, 0.15) is 29.4 Å². The Morgan fingerprint density at radius 3 is 2.85 bits per heavy atom. The molecule has 1 fully saturated rings. The third kappa shape index (κ3) is 3.62. The van der Waals surface area contributed by atoms with Gasteiger partial charge in [0.05, 0.1) is 21.2 Å². The van der Waals surface area contributed by atoms with Crippen LogP contribution in [-0.4, -0.2) is 36.5 Å². The van der Waals surface area contributed by atoms with Crippen LogP contribution >= 0.6 is 43.2 Å². The fourth-order valence-corrected chi connectivity index (χ4v) is 4.23. The second-order valence-corrected chi connectivity index (χ2v) is 7.80. The molecular formula is C13H15Br2NO3S. The van der Waals surface area contributed by atoms with Crippen molar-refractivity contribution in [2.75, 3.05) is 19.7 Å². The van der Waals surface area contributed by atoms with Gasteiger partial charge in [0.15, 0.2) is 0 Å². The minimum absolute atomic E-state index is 0.0181. The lowest BCUT2D eigenvalue weighted by atomic mass is 9.98. The van der Waals surface area contributed by atoms with Crippen LogP contribution in [0.5, 0.6) is 0 Å². The van der Waals surface area contributed by atoms with E-state index in [1.807, 2.05) is 6.07 Å². The van der Waals surface area contributed by atoms with Gasteiger partial charge in [-0.15, -0.1) is 11.3 Å². The summed E-state index contributed by atoms with van der Waals surface area (Å²) in [7, 11) is 0. The highest BCUT2D eigenvalue weighted by atomic mass is 79.9. The van der Waals surface area contributed by atoms with Crippen LogP contribution < -0.4 is 0 Å². The first-order valence-electron chi connectivity index (χ1n) is 6.43. The molecule has 1 aromatic heterocycles. The SMILES string of the molecule is CCOC(=O)[C@H]1CCCN(C(=O)c2cc(Br)c(Br)s2)C1. The molecule has 7 heteroatoms. The van der Waals surface area contributed by atoms with E-state index in [2.05, 4.69) is 31.9 Å². The lowest BCUT2D eigenvalue weighted by molar-refractivity contribution is -0.149. The molecule has 1 saturated heterocycles. The molecule has 4 nitrogen and oxygen atoms in total. The summed E-state index contributed by atoms with van der Waals surface area (Å²) in [4.78, 5) is 26.6. The molecular weight excluding hydrogens is 410 g/mol. The summed E-state index contributed by atoms with van der Waals surface area (Å²) in [5, 5.41) is 0. The number of thiophene rings is 1. The number of halogens is 2. The molecule has 20 heavy (non-hydrogen) atoms. The van der Waals surface area contributed by atoms with Crippen molar-refractivity contribution in [2.24, 2.45) is 5.92 Å². The van der Waals surface area contributed by atoms with Crippen LogP contribution in [0.4, 0.5) is 0 Å². The minimum atomic E-state index is -0.196. The Balaban J connectivity index is 2.05. The second kappa shape index (κ2) is 7.04. The monoisotopic (exact) mass is 423 g/mol. The number of amides is 1. The van der Waals surface area contributed by atoms with E-state index < -0.39 is 0 Å². The third-order valence-electron chi connectivity index (χ3n) is 3.18. The number of hydrogen-bond acceptors (Lipinski definition) is 4. The molecule has 1 amide bonds. The number of carbonyl (C=O) groups excluding carboxylic acids is 2. The molecule has 0 spiro atoms. The van der Waals surface area contributed by atoms with Crippen LogP contribution in [0.25, 0.3) is 0 Å². The predicted octanol–water partition coefficient (Wildman–Crippen LogP) is 3.69. The maximum absolute atomic E-state index is 12.4. The van der Waals surface area contributed by atoms with E-state index in [9.17, 15) is 9.59 Å². The Morgan fingerprint density at radius 2 is 2.25 bits per heavy atom. The van der Waals surface area contributed by atoms with Crippen molar-refractivity contribution < 1.29 is 14.3 Å². The van der Waals surface area contributed by atoms with Gasteiger partial charge in [0.25, 0.3) is 5.91 Å². The molecule has 0 unspecified atom stereocenters. The fourth-order valence-electron chi connectivity index (χ4n) is 2.22. The van der Waals surface area contributed by atoms with Crippen molar-refractivity contribution in [1.29, 1.82) is 0 Å². The molecule has 0 N–H and O–H groups in total. The maximum atomic E-state index is 12.4. The number of carbonyl (C=O) groups is 2. The lowest BCUT2D eigenvalue weighted by Crippen LogP contribution is -2.42. The first-order chi connectivity index (χ1) is 9.52. The standard InChI is InChI=1S/C13H15Br2NO3S/c1-2-19-13(18)8-4-3-5-16(7-8)12(17)10-6-9(14)11(15)20-10/h6,8H,2-5,7H2,1H3/t8-/m0/s1. The summed E-state index contributed by atoms with van der Waals surface area (Å²) in [6.07, 6.45) is 1.63. The maximum Gasteiger partial charge on any atom is 0.310 e. The van der Waals surface area contributed by atoms with Gasteiger partial charge in [0, 0.05) is 17.6 Å². The zero-order valence-corrected chi connectivity index (χ0v) is 15.0. The van der Waals surface area contributed by atoms with Crippen LogP contribution in [0.15, 0.2) is 14.3 Å². The molecule has 1 aliphatic rings. The third-order valence-corrected chi connectivity index (χ3v) is 6.43. The number of rotatable bonds is 3. The van der Waals surface area contributed by atoms with E-state index in [0.717, 1.165) is 21.1 Å². The molecule has 2 heterocycles.